The van der Waals surface area contributed by atoms with Crippen LogP contribution < -0.4 is 0 Å². The highest BCUT2D eigenvalue weighted by molar-refractivity contribution is 6.31. The molecule has 3 aromatic rings. The third-order valence-electron chi connectivity index (χ3n) is 4.32. The van der Waals surface area contributed by atoms with Crippen LogP contribution in [0.3, 0.4) is 0 Å². The van der Waals surface area contributed by atoms with E-state index >= 15 is 0 Å². The lowest BCUT2D eigenvalue weighted by atomic mass is 10.1. The number of aromatic nitrogens is 1. The van der Waals surface area contributed by atoms with Gasteiger partial charge in [-0.25, -0.2) is 4.79 Å². The monoisotopic (exact) mass is 370 g/mol. The predicted octanol–water partition coefficient (Wildman–Crippen LogP) is 4.70. The highest BCUT2D eigenvalue weighted by Gasteiger charge is 2.24. The van der Waals surface area contributed by atoms with E-state index in [9.17, 15) is 4.79 Å². The van der Waals surface area contributed by atoms with Gasteiger partial charge in [0.1, 0.15) is 5.69 Å². The fraction of sp³-hybridized carbons (Fsp3) is 0.286. The van der Waals surface area contributed by atoms with Crippen molar-refractivity contribution in [3.8, 4) is 11.3 Å². The van der Waals surface area contributed by atoms with E-state index in [0.717, 1.165) is 28.6 Å². The third-order valence-corrected chi connectivity index (χ3v) is 4.55. The Kier molecular flexibility index (Phi) is 5.64. The number of rotatable bonds is 6. The summed E-state index contributed by atoms with van der Waals surface area (Å²) < 4.78 is 7.42. The molecule has 0 amide bonds. The predicted molar refractivity (Wildman–Crippen MR) is 107 cm³/mol. The summed E-state index contributed by atoms with van der Waals surface area (Å²) in [5.74, 6) is -0.305. The van der Waals surface area contributed by atoms with Crippen molar-refractivity contribution >= 4 is 28.3 Å². The maximum Gasteiger partial charge on any atom is 0.355 e. The van der Waals surface area contributed by atoms with Gasteiger partial charge < -0.3 is 14.2 Å². The molecule has 0 saturated carbocycles. The zero-order valence-electron chi connectivity index (χ0n) is 15.3. The van der Waals surface area contributed by atoms with Crippen molar-refractivity contribution in [2.24, 2.45) is 0 Å². The molecular weight excluding hydrogens is 348 g/mol. The van der Waals surface area contributed by atoms with Gasteiger partial charge in [0.25, 0.3) is 0 Å². The first kappa shape index (κ1) is 18.5. The number of hydrogen-bond donors (Lipinski definition) is 0. The molecule has 4 nitrogen and oxygen atoms in total. The summed E-state index contributed by atoms with van der Waals surface area (Å²) in [6.45, 7) is 3.65. The average molecular weight is 371 g/mol. The lowest BCUT2D eigenvalue weighted by Crippen LogP contribution is -2.22. The van der Waals surface area contributed by atoms with Gasteiger partial charge in [-0.15, -0.1) is 0 Å². The molecule has 0 unspecified atom stereocenters. The number of benzene rings is 2. The van der Waals surface area contributed by atoms with Crippen molar-refractivity contribution in [3.05, 3.63) is 59.2 Å². The number of esters is 1. The Morgan fingerprint density at radius 2 is 1.85 bits per heavy atom. The Labute approximate surface area is 158 Å². The maximum atomic E-state index is 12.8. The fourth-order valence-electron chi connectivity index (χ4n) is 3.17. The van der Waals surface area contributed by atoms with Gasteiger partial charge in [0.15, 0.2) is 0 Å². The second kappa shape index (κ2) is 7.94. The Bertz CT molecular complexity index is 917. The molecular formula is C21H23ClN2O2. The summed E-state index contributed by atoms with van der Waals surface area (Å²) in [5.41, 5.74) is 2.63. The molecule has 1 heterocycles. The van der Waals surface area contributed by atoms with Crippen LogP contribution in [0.25, 0.3) is 22.0 Å². The van der Waals surface area contributed by atoms with Crippen LogP contribution >= 0.6 is 11.6 Å². The van der Waals surface area contributed by atoms with Crippen LogP contribution in [0.1, 0.15) is 17.4 Å². The van der Waals surface area contributed by atoms with E-state index in [2.05, 4.69) is 21.6 Å². The fourth-order valence-corrected chi connectivity index (χ4v) is 3.34. The summed E-state index contributed by atoms with van der Waals surface area (Å²) in [7, 11) is 4.04. The molecule has 3 rings (SSSR count). The van der Waals surface area contributed by atoms with Gasteiger partial charge in [-0.3, -0.25) is 0 Å². The second-order valence-electron chi connectivity index (χ2n) is 6.43. The molecule has 0 N–H and O–H groups in total. The Morgan fingerprint density at radius 1 is 1.12 bits per heavy atom. The largest absolute Gasteiger partial charge is 0.461 e. The molecule has 5 heteroatoms. The van der Waals surface area contributed by atoms with Crippen molar-refractivity contribution in [3.63, 3.8) is 0 Å². The molecule has 0 aliphatic rings. The molecule has 136 valence electrons. The standard InChI is InChI=1S/C21H23ClN2O2/c1-4-26-21(25)20-17-11-10-16(22)14-18(17)19(15-8-6-5-7-9-15)24(20)13-12-23(2)3/h5-11,14H,4,12-13H2,1-3H3. The lowest BCUT2D eigenvalue weighted by Gasteiger charge is -2.16. The van der Waals surface area contributed by atoms with Crippen LogP contribution in [-0.2, 0) is 11.3 Å². The number of carbonyl (C=O) groups is 1. The van der Waals surface area contributed by atoms with E-state index < -0.39 is 0 Å². The van der Waals surface area contributed by atoms with Crippen molar-refractivity contribution in [2.45, 2.75) is 13.5 Å². The van der Waals surface area contributed by atoms with Gasteiger partial charge in [0, 0.05) is 28.9 Å². The molecule has 26 heavy (non-hydrogen) atoms. The summed E-state index contributed by atoms with van der Waals surface area (Å²) in [6, 6.07) is 15.7. The minimum atomic E-state index is -0.305. The van der Waals surface area contributed by atoms with Crippen molar-refractivity contribution in [1.82, 2.24) is 9.47 Å². The normalized spacial score (nSPS) is 11.3. The molecule has 0 atom stereocenters. The van der Waals surface area contributed by atoms with E-state index in [0.29, 0.717) is 23.9 Å². The van der Waals surface area contributed by atoms with Crippen LogP contribution in [-0.4, -0.2) is 42.7 Å². The number of halogens is 1. The van der Waals surface area contributed by atoms with Gasteiger partial charge in [-0.05, 0) is 38.7 Å². The summed E-state index contributed by atoms with van der Waals surface area (Å²) in [5, 5.41) is 2.48. The number of ether oxygens (including phenoxy) is 1. The number of carbonyl (C=O) groups excluding carboxylic acids is 1. The van der Waals surface area contributed by atoms with Crippen molar-refractivity contribution < 1.29 is 9.53 Å². The summed E-state index contributed by atoms with van der Waals surface area (Å²) >= 11 is 6.27. The van der Waals surface area contributed by atoms with E-state index in [4.69, 9.17) is 16.3 Å². The van der Waals surface area contributed by atoms with E-state index in [1.807, 2.05) is 57.4 Å². The smallest absolute Gasteiger partial charge is 0.355 e. The Hall–Kier alpha value is -2.30. The highest BCUT2D eigenvalue weighted by Crippen LogP contribution is 2.36. The quantitative estimate of drug-likeness (QED) is 0.590. The first-order valence-electron chi connectivity index (χ1n) is 8.72. The molecule has 0 bridgehead atoms. The molecule has 0 fully saturated rings. The van der Waals surface area contributed by atoms with Gasteiger partial charge in [-0.1, -0.05) is 48.0 Å². The number of likely N-dealkylation sites (N-methyl/N-ethyl adjacent to an activating group) is 1. The third kappa shape index (κ3) is 3.62. The van der Waals surface area contributed by atoms with Gasteiger partial charge in [0.2, 0.25) is 0 Å². The Morgan fingerprint density at radius 3 is 2.50 bits per heavy atom. The van der Waals surface area contributed by atoms with Crippen LogP contribution in [0.2, 0.25) is 5.02 Å². The van der Waals surface area contributed by atoms with Crippen LogP contribution in [0.15, 0.2) is 48.5 Å². The summed E-state index contributed by atoms with van der Waals surface area (Å²) in [6.07, 6.45) is 0. The average Bonchev–Trinajstić information content (AvgIpc) is 2.94. The zero-order chi connectivity index (χ0) is 18.7. The highest BCUT2D eigenvalue weighted by atomic mass is 35.5. The van der Waals surface area contributed by atoms with Crippen molar-refractivity contribution in [2.75, 3.05) is 27.2 Å². The number of nitrogens with zero attached hydrogens (tertiary/aromatic N) is 2. The zero-order valence-corrected chi connectivity index (χ0v) is 16.1. The molecule has 0 spiro atoms. The van der Waals surface area contributed by atoms with Crippen molar-refractivity contribution in [1.29, 1.82) is 0 Å². The molecule has 0 saturated heterocycles. The summed E-state index contributed by atoms with van der Waals surface area (Å²) in [4.78, 5) is 14.9. The van der Waals surface area contributed by atoms with Gasteiger partial charge >= 0.3 is 5.97 Å². The van der Waals surface area contributed by atoms with Gasteiger partial charge in [0.05, 0.1) is 12.3 Å². The SMILES string of the molecule is CCOC(=O)c1c2ccc(Cl)cc2c(-c2ccccc2)n1CCN(C)C. The maximum absolute atomic E-state index is 12.8. The van der Waals surface area contributed by atoms with Crippen LogP contribution in [0.4, 0.5) is 0 Å². The second-order valence-corrected chi connectivity index (χ2v) is 6.86. The van der Waals surface area contributed by atoms with E-state index in [1.54, 1.807) is 0 Å². The van der Waals surface area contributed by atoms with Crippen LogP contribution in [0, 0.1) is 0 Å². The first-order valence-corrected chi connectivity index (χ1v) is 9.09. The first-order chi connectivity index (χ1) is 12.5. The van der Waals surface area contributed by atoms with E-state index in [1.165, 1.54) is 0 Å². The molecule has 0 radical (unpaired) electrons. The molecule has 0 aliphatic carbocycles. The number of fused-ring (bicyclic) bond motifs is 1. The minimum Gasteiger partial charge on any atom is -0.461 e. The molecule has 1 aromatic heterocycles. The molecule has 2 aromatic carbocycles. The number of hydrogen-bond acceptors (Lipinski definition) is 3. The topological polar surface area (TPSA) is 34.5 Å². The Balaban J connectivity index is 2.32. The van der Waals surface area contributed by atoms with Gasteiger partial charge in [-0.2, -0.15) is 0 Å². The van der Waals surface area contributed by atoms with E-state index in [-0.39, 0.29) is 5.97 Å². The molecule has 0 aliphatic heterocycles. The lowest BCUT2D eigenvalue weighted by molar-refractivity contribution is 0.0516. The minimum absolute atomic E-state index is 0.305. The van der Waals surface area contributed by atoms with Crippen LogP contribution in [0.5, 0.6) is 0 Å².